The van der Waals surface area contributed by atoms with E-state index < -0.39 is 5.97 Å². The van der Waals surface area contributed by atoms with Gasteiger partial charge in [-0.3, -0.25) is 0 Å². The Morgan fingerprint density at radius 2 is 1.71 bits per heavy atom. The summed E-state index contributed by atoms with van der Waals surface area (Å²) in [5.74, 6) is 5.86. The number of aromatic carboxylic acids is 1. The number of hydrogen-bond donors (Lipinski definition) is 1. The van der Waals surface area contributed by atoms with Gasteiger partial charge in [0.1, 0.15) is 0 Å². The van der Waals surface area contributed by atoms with Crippen molar-refractivity contribution in [3.63, 3.8) is 0 Å². The van der Waals surface area contributed by atoms with E-state index in [1.165, 1.54) is 17.6 Å². The molecule has 24 heavy (non-hydrogen) atoms. The molecule has 0 amide bonds. The van der Waals surface area contributed by atoms with Gasteiger partial charge in [-0.15, -0.1) is 0 Å². The van der Waals surface area contributed by atoms with Gasteiger partial charge >= 0.3 is 5.97 Å². The molecule has 1 atom stereocenters. The first kappa shape index (κ1) is 16.6. The summed E-state index contributed by atoms with van der Waals surface area (Å²) in [6.07, 6.45) is 6.85. The molecule has 2 nitrogen and oxygen atoms in total. The Bertz CT molecular complexity index is 793. The minimum absolute atomic E-state index is 0.207. The average molecular weight is 320 g/mol. The molecular formula is C22H24O2. The first-order valence-corrected chi connectivity index (χ1v) is 8.47. The Kier molecular flexibility index (Phi) is 3.92. The highest BCUT2D eigenvalue weighted by molar-refractivity contribution is 5.87. The standard InChI is InChI=1S/C22H24O2/c1-21(2)14-22(3,4)19-13-16(9-12-18(19)21)6-5-15-7-10-17(11-8-15)20(23)24/h7-8,10-13,16H,9,14H2,1-4H3,(H,23,24). The normalized spacial score (nSPS) is 23.4. The molecule has 1 unspecified atom stereocenters. The second kappa shape index (κ2) is 5.67. The number of carboxylic acid groups (broad SMARTS) is 1. The monoisotopic (exact) mass is 320 g/mol. The third kappa shape index (κ3) is 3.04. The lowest BCUT2D eigenvalue weighted by Gasteiger charge is -2.24. The van der Waals surface area contributed by atoms with Crippen LogP contribution in [0.3, 0.4) is 0 Å². The van der Waals surface area contributed by atoms with Crippen LogP contribution in [-0.2, 0) is 0 Å². The lowest BCUT2D eigenvalue weighted by molar-refractivity contribution is 0.0697. The second-order valence-corrected chi connectivity index (χ2v) is 8.14. The van der Waals surface area contributed by atoms with Crippen LogP contribution in [0.1, 0.15) is 56.5 Å². The van der Waals surface area contributed by atoms with Crippen LogP contribution in [0.5, 0.6) is 0 Å². The summed E-state index contributed by atoms with van der Waals surface area (Å²) < 4.78 is 0. The third-order valence-electron chi connectivity index (χ3n) is 5.11. The third-order valence-corrected chi connectivity index (χ3v) is 5.11. The molecule has 0 radical (unpaired) electrons. The number of allylic oxidation sites excluding steroid dienone is 4. The van der Waals surface area contributed by atoms with Crippen LogP contribution >= 0.6 is 0 Å². The van der Waals surface area contributed by atoms with Crippen molar-refractivity contribution < 1.29 is 9.90 Å². The fourth-order valence-electron chi connectivity index (χ4n) is 4.21. The molecule has 1 fully saturated rings. The molecule has 124 valence electrons. The maximum atomic E-state index is 10.9. The lowest BCUT2D eigenvalue weighted by atomic mass is 9.80. The Morgan fingerprint density at radius 1 is 1.08 bits per heavy atom. The topological polar surface area (TPSA) is 37.3 Å². The minimum Gasteiger partial charge on any atom is -0.478 e. The molecule has 2 aliphatic rings. The molecule has 1 saturated carbocycles. The molecule has 0 saturated heterocycles. The van der Waals surface area contributed by atoms with E-state index in [1.807, 2.05) is 0 Å². The number of fused-ring (bicyclic) bond motifs is 1. The molecule has 2 heteroatoms. The van der Waals surface area contributed by atoms with Crippen molar-refractivity contribution in [3.05, 3.63) is 58.7 Å². The van der Waals surface area contributed by atoms with Crippen molar-refractivity contribution in [1.82, 2.24) is 0 Å². The van der Waals surface area contributed by atoms with Gasteiger partial charge in [0.15, 0.2) is 0 Å². The maximum Gasteiger partial charge on any atom is 0.335 e. The van der Waals surface area contributed by atoms with Crippen molar-refractivity contribution >= 4 is 5.97 Å². The Balaban J connectivity index is 1.82. The van der Waals surface area contributed by atoms with E-state index in [9.17, 15) is 4.79 Å². The van der Waals surface area contributed by atoms with Crippen molar-refractivity contribution in [1.29, 1.82) is 0 Å². The fourth-order valence-corrected chi connectivity index (χ4v) is 4.21. The van der Waals surface area contributed by atoms with E-state index in [0.717, 1.165) is 12.0 Å². The van der Waals surface area contributed by atoms with Gasteiger partial charge in [0.05, 0.1) is 5.56 Å². The predicted molar refractivity (Wildman–Crippen MR) is 96.7 cm³/mol. The minimum atomic E-state index is -0.907. The zero-order valence-electron chi connectivity index (χ0n) is 14.8. The van der Waals surface area contributed by atoms with E-state index in [0.29, 0.717) is 5.56 Å². The zero-order chi connectivity index (χ0) is 17.5. The van der Waals surface area contributed by atoms with Crippen LogP contribution in [0.25, 0.3) is 0 Å². The van der Waals surface area contributed by atoms with Crippen molar-refractivity contribution in [3.8, 4) is 11.8 Å². The number of benzene rings is 1. The van der Waals surface area contributed by atoms with Gasteiger partial charge in [0.25, 0.3) is 0 Å². The SMILES string of the molecule is CC1(C)CC(C)(C)C2=CC(C#Cc3ccc(C(=O)O)cc3)CC=C21. The summed E-state index contributed by atoms with van der Waals surface area (Å²) >= 11 is 0. The van der Waals surface area contributed by atoms with Crippen molar-refractivity contribution in [2.24, 2.45) is 16.7 Å². The van der Waals surface area contributed by atoms with Crippen LogP contribution in [0.2, 0.25) is 0 Å². The van der Waals surface area contributed by atoms with Crippen molar-refractivity contribution in [2.75, 3.05) is 0 Å². The quantitative estimate of drug-likeness (QED) is 0.734. The highest BCUT2D eigenvalue weighted by Crippen LogP contribution is 2.57. The van der Waals surface area contributed by atoms with Gasteiger partial charge in [-0.2, -0.15) is 0 Å². The van der Waals surface area contributed by atoms with Crippen LogP contribution in [0.4, 0.5) is 0 Å². The Morgan fingerprint density at radius 3 is 2.33 bits per heavy atom. The van der Waals surface area contributed by atoms with E-state index in [1.54, 1.807) is 24.3 Å². The van der Waals surface area contributed by atoms with E-state index in [-0.39, 0.29) is 16.7 Å². The van der Waals surface area contributed by atoms with Crippen LogP contribution < -0.4 is 0 Å². The van der Waals surface area contributed by atoms with Gasteiger partial charge in [-0.05, 0) is 59.1 Å². The molecule has 0 heterocycles. The largest absolute Gasteiger partial charge is 0.478 e. The summed E-state index contributed by atoms with van der Waals surface area (Å²) in [4.78, 5) is 10.9. The lowest BCUT2D eigenvalue weighted by Crippen LogP contribution is -2.11. The Labute approximate surface area is 144 Å². The average Bonchev–Trinajstić information content (AvgIpc) is 2.70. The van der Waals surface area contributed by atoms with E-state index in [2.05, 4.69) is 51.7 Å². The zero-order valence-corrected chi connectivity index (χ0v) is 14.8. The summed E-state index contributed by atoms with van der Waals surface area (Å²) in [6, 6.07) is 6.76. The number of carboxylic acids is 1. The molecule has 3 rings (SSSR count). The summed E-state index contributed by atoms with van der Waals surface area (Å²) in [7, 11) is 0. The highest BCUT2D eigenvalue weighted by Gasteiger charge is 2.45. The number of hydrogen-bond acceptors (Lipinski definition) is 1. The van der Waals surface area contributed by atoms with Crippen LogP contribution in [0, 0.1) is 28.6 Å². The van der Waals surface area contributed by atoms with Gasteiger partial charge < -0.3 is 5.11 Å². The van der Waals surface area contributed by atoms with Crippen molar-refractivity contribution in [2.45, 2.75) is 40.5 Å². The maximum absolute atomic E-state index is 10.9. The number of rotatable bonds is 1. The molecule has 1 N–H and O–H groups in total. The summed E-state index contributed by atoms with van der Waals surface area (Å²) in [6.45, 7) is 9.30. The second-order valence-electron chi connectivity index (χ2n) is 8.14. The van der Waals surface area contributed by atoms with Crippen LogP contribution in [0.15, 0.2) is 47.6 Å². The van der Waals surface area contributed by atoms with Gasteiger partial charge in [-0.25, -0.2) is 4.79 Å². The summed E-state index contributed by atoms with van der Waals surface area (Å²) in [5.41, 5.74) is 4.57. The smallest absolute Gasteiger partial charge is 0.335 e. The van der Waals surface area contributed by atoms with Crippen LogP contribution in [-0.4, -0.2) is 11.1 Å². The van der Waals surface area contributed by atoms with E-state index >= 15 is 0 Å². The number of carbonyl (C=O) groups is 1. The fraction of sp³-hybridized carbons (Fsp3) is 0.409. The molecule has 1 aromatic rings. The van der Waals surface area contributed by atoms with E-state index in [4.69, 9.17) is 5.11 Å². The van der Waals surface area contributed by atoms with Gasteiger partial charge in [-0.1, -0.05) is 51.7 Å². The first-order chi connectivity index (χ1) is 11.2. The molecule has 0 spiro atoms. The molecule has 0 aromatic heterocycles. The summed E-state index contributed by atoms with van der Waals surface area (Å²) in [5, 5.41) is 8.94. The molecular weight excluding hydrogens is 296 g/mol. The van der Waals surface area contributed by atoms with Gasteiger partial charge in [0, 0.05) is 11.5 Å². The first-order valence-electron chi connectivity index (χ1n) is 8.47. The predicted octanol–water partition coefficient (Wildman–Crippen LogP) is 5.07. The molecule has 2 aliphatic carbocycles. The van der Waals surface area contributed by atoms with Gasteiger partial charge in [0.2, 0.25) is 0 Å². The molecule has 1 aromatic carbocycles. The molecule has 0 bridgehead atoms. The molecule has 0 aliphatic heterocycles. The Hall–Kier alpha value is -2.27. The highest BCUT2D eigenvalue weighted by atomic mass is 16.4.